The topological polar surface area (TPSA) is 143 Å². The second kappa shape index (κ2) is 16.7. The van der Waals surface area contributed by atoms with Crippen LogP contribution in [-0.4, -0.2) is 44.2 Å². The highest BCUT2D eigenvalue weighted by atomic mass is 32.2. The van der Waals surface area contributed by atoms with Crippen molar-refractivity contribution in [3.63, 3.8) is 0 Å². The van der Waals surface area contributed by atoms with Crippen LogP contribution in [0.2, 0.25) is 0 Å². The molecule has 4 rings (SSSR count). The molecular weight excluding hydrogens is 576 g/mol. The number of unbranched alkanes of at least 4 members (excludes halogenated alkanes) is 3. The smallest absolute Gasteiger partial charge is 0.243 e. The fourth-order valence-corrected chi connectivity index (χ4v) is 6.45. The van der Waals surface area contributed by atoms with Crippen molar-refractivity contribution in [1.29, 1.82) is 0 Å². The highest BCUT2D eigenvalue weighted by molar-refractivity contribution is 8.01. The Bertz CT molecular complexity index is 1270. The predicted octanol–water partition coefficient (Wildman–Crippen LogP) is 5.14. The molecule has 12 heteroatoms. The monoisotopic (exact) mass is 614 g/mol. The molecule has 2 heterocycles. The summed E-state index contributed by atoms with van der Waals surface area (Å²) >= 11 is 3.21. The lowest BCUT2D eigenvalue weighted by Gasteiger charge is -2.36. The largest absolute Gasteiger partial charge is 0.392 e. The molecule has 10 nitrogen and oxygen atoms in total. The lowest BCUT2D eigenvalue weighted by molar-refractivity contribution is -0.245. The molecule has 2 amide bonds. The van der Waals surface area contributed by atoms with E-state index in [0.29, 0.717) is 25.8 Å². The maximum absolute atomic E-state index is 12.3. The fraction of sp³-hybridized carbons (Fsp3) is 0.467. The summed E-state index contributed by atoms with van der Waals surface area (Å²) < 4.78 is 13.7. The summed E-state index contributed by atoms with van der Waals surface area (Å²) in [5.74, 6) is 0.334. The molecule has 2 aromatic carbocycles. The number of thioether (sulfide) groups is 1. The highest BCUT2D eigenvalue weighted by Gasteiger charge is 2.32. The van der Waals surface area contributed by atoms with E-state index < -0.39 is 6.29 Å². The number of hydroxylamine groups is 1. The van der Waals surface area contributed by atoms with Crippen molar-refractivity contribution in [2.24, 2.45) is 0 Å². The van der Waals surface area contributed by atoms with Crippen molar-refractivity contribution >= 4 is 34.9 Å². The van der Waals surface area contributed by atoms with Gasteiger partial charge in [-0.1, -0.05) is 84.5 Å². The summed E-state index contributed by atoms with van der Waals surface area (Å²) in [6, 6.07) is 15.7. The third-order valence-electron chi connectivity index (χ3n) is 6.94. The van der Waals surface area contributed by atoms with Crippen LogP contribution in [0.25, 0.3) is 0 Å². The lowest BCUT2D eigenvalue weighted by Crippen LogP contribution is -2.31. The second-order valence-electron chi connectivity index (χ2n) is 10.2. The minimum atomic E-state index is -0.546. The van der Waals surface area contributed by atoms with Gasteiger partial charge in [0.25, 0.3) is 0 Å². The third kappa shape index (κ3) is 10.1. The molecule has 4 N–H and O–H groups in total. The van der Waals surface area contributed by atoms with E-state index in [4.69, 9.17) is 14.7 Å². The van der Waals surface area contributed by atoms with Gasteiger partial charge < -0.3 is 19.9 Å². The number of aliphatic hydroxyl groups excluding tert-OH is 1. The van der Waals surface area contributed by atoms with Gasteiger partial charge in [-0.05, 0) is 36.5 Å². The normalized spacial score (nSPS) is 18.5. The van der Waals surface area contributed by atoms with Gasteiger partial charge in [0.15, 0.2) is 10.6 Å². The summed E-state index contributed by atoms with van der Waals surface area (Å²) in [4.78, 5) is 23.3. The Morgan fingerprint density at radius 3 is 2.24 bits per heavy atom. The molecule has 1 aromatic heterocycles. The molecule has 0 unspecified atom stereocenters. The molecular formula is C30H38N4O6S2. The number of aliphatic hydroxyl groups is 1. The minimum Gasteiger partial charge on any atom is -0.392 e. The number of carbonyl (C=O) groups excluding carboxylic acids is 2. The maximum atomic E-state index is 12.3. The van der Waals surface area contributed by atoms with E-state index in [0.717, 1.165) is 56.6 Å². The second-order valence-corrected chi connectivity index (χ2v) is 12.7. The van der Waals surface area contributed by atoms with Gasteiger partial charge in [0, 0.05) is 37.1 Å². The van der Waals surface area contributed by atoms with Crippen LogP contribution in [0.3, 0.4) is 0 Å². The Morgan fingerprint density at radius 1 is 0.929 bits per heavy atom. The number of hydrogen-bond donors (Lipinski definition) is 4. The van der Waals surface area contributed by atoms with Crippen molar-refractivity contribution < 1.29 is 29.4 Å². The van der Waals surface area contributed by atoms with E-state index in [2.05, 4.69) is 15.5 Å². The first-order valence-electron chi connectivity index (χ1n) is 14.2. The quantitative estimate of drug-likeness (QED) is 0.0792. The van der Waals surface area contributed by atoms with Gasteiger partial charge >= 0.3 is 0 Å². The van der Waals surface area contributed by atoms with Gasteiger partial charge in [-0.2, -0.15) is 0 Å². The number of rotatable bonds is 15. The van der Waals surface area contributed by atoms with Crippen LogP contribution in [-0.2, 0) is 32.2 Å². The summed E-state index contributed by atoms with van der Waals surface area (Å²) in [7, 11) is 0. The Hall–Kier alpha value is -2.87. The van der Waals surface area contributed by atoms with E-state index in [9.17, 15) is 14.7 Å². The van der Waals surface area contributed by atoms with Crippen LogP contribution in [0, 0.1) is 6.92 Å². The van der Waals surface area contributed by atoms with E-state index in [1.807, 2.05) is 55.5 Å². The van der Waals surface area contributed by atoms with Crippen LogP contribution in [0.1, 0.15) is 84.6 Å². The molecule has 0 saturated carbocycles. The predicted molar refractivity (Wildman–Crippen MR) is 160 cm³/mol. The first-order valence-corrected chi connectivity index (χ1v) is 16.0. The van der Waals surface area contributed by atoms with E-state index >= 15 is 0 Å². The molecule has 1 saturated heterocycles. The Kier molecular flexibility index (Phi) is 12.7. The molecule has 0 bridgehead atoms. The molecule has 1 aliphatic heterocycles. The van der Waals surface area contributed by atoms with Crippen LogP contribution < -0.4 is 10.8 Å². The number of ether oxygens (including phenoxy) is 2. The van der Waals surface area contributed by atoms with Gasteiger partial charge in [0.2, 0.25) is 11.8 Å². The van der Waals surface area contributed by atoms with E-state index in [-0.39, 0.29) is 37.0 Å². The average Bonchev–Trinajstić information content (AvgIpc) is 3.45. The first-order chi connectivity index (χ1) is 20.4. The highest BCUT2D eigenvalue weighted by Crippen LogP contribution is 2.39. The summed E-state index contributed by atoms with van der Waals surface area (Å²) in [5.41, 5.74) is 5.40. The minimum absolute atomic E-state index is 0.00172. The lowest BCUT2D eigenvalue weighted by atomic mass is 10.0. The standard InChI is InChI=1S/C30H38N4O6S2/c1-20-32-33-30(42-20)41-19-25-16-26(23-12-10-22(18-35)11-13-23)40-29(39-25)24-14-8-21(9-15-24)17-31-27(36)6-4-2-3-5-7-28(37)34-38/h8-15,25-26,29,35,38H,2-7,16-19H2,1H3,(H,31,36)(H,34,37)/t25-,26+,29+/m1/s1. The van der Waals surface area contributed by atoms with Gasteiger partial charge in [-0.15, -0.1) is 10.2 Å². The van der Waals surface area contributed by atoms with Gasteiger partial charge in [-0.25, -0.2) is 5.48 Å². The molecule has 226 valence electrons. The summed E-state index contributed by atoms with van der Waals surface area (Å²) in [6.07, 6.45) is 3.78. The van der Waals surface area contributed by atoms with Crippen LogP contribution in [0.4, 0.5) is 0 Å². The number of aromatic nitrogens is 2. The Labute approximate surface area is 254 Å². The number of hydrogen-bond acceptors (Lipinski definition) is 10. The van der Waals surface area contributed by atoms with Crippen LogP contribution in [0.5, 0.6) is 0 Å². The number of amides is 2. The van der Waals surface area contributed by atoms with Crippen molar-refractivity contribution in [3.05, 3.63) is 75.8 Å². The molecule has 42 heavy (non-hydrogen) atoms. The summed E-state index contributed by atoms with van der Waals surface area (Å²) in [6.45, 7) is 2.37. The molecule has 3 aromatic rings. The van der Waals surface area contributed by atoms with Crippen molar-refractivity contribution in [1.82, 2.24) is 21.0 Å². The molecule has 0 spiro atoms. The third-order valence-corrected chi connectivity index (χ3v) is 9.04. The molecule has 1 aliphatic rings. The molecule has 0 aliphatic carbocycles. The van der Waals surface area contributed by atoms with E-state index in [1.165, 1.54) is 0 Å². The maximum Gasteiger partial charge on any atom is 0.243 e. The zero-order valence-electron chi connectivity index (χ0n) is 23.7. The zero-order chi connectivity index (χ0) is 29.7. The SMILES string of the molecule is Cc1nnc(SC[C@H]2C[C@@H](c3ccc(CO)cc3)O[C@@H](c3ccc(CNC(=O)CCCCCCC(=O)NO)cc3)O2)s1. The molecule has 1 fully saturated rings. The molecule has 0 radical (unpaired) electrons. The van der Waals surface area contributed by atoms with Crippen LogP contribution in [0.15, 0.2) is 52.9 Å². The van der Waals surface area contributed by atoms with E-state index in [1.54, 1.807) is 28.6 Å². The van der Waals surface area contributed by atoms with Crippen molar-refractivity contribution in [2.45, 2.75) is 87.9 Å². The zero-order valence-corrected chi connectivity index (χ0v) is 25.3. The van der Waals surface area contributed by atoms with Crippen molar-refractivity contribution in [2.75, 3.05) is 5.75 Å². The van der Waals surface area contributed by atoms with Gasteiger partial charge in [-0.3, -0.25) is 14.8 Å². The van der Waals surface area contributed by atoms with Gasteiger partial charge in [0.05, 0.1) is 18.8 Å². The average molecular weight is 615 g/mol. The number of carbonyl (C=O) groups is 2. The molecule has 3 atom stereocenters. The van der Waals surface area contributed by atoms with Crippen LogP contribution >= 0.6 is 23.1 Å². The number of nitrogens with zero attached hydrogens (tertiary/aromatic N) is 2. The summed E-state index contributed by atoms with van der Waals surface area (Å²) in [5, 5.41) is 30.2. The number of aryl methyl sites for hydroxylation is 1. The van der Waals surface area contributed by atoms with Gasteiger partial charge in [0.1, 0.15) is 5.01 Å². The fourth-order valence-electron chi connectivity index (χ4n) is 4.59. The Morgan fingerprint density at radius 2 is 1.60 bits per heavy atom. The number of nitrogens with one attached hydrogen (secondary N) is 2. The van der Waals surface area contributed by atoms with Crippen molar-refractivity contribution in [3.8, 4) is 0 Å². The number of benzene rings is 2. The first kappa shape index (κ1) is 32.1. The Balaban J connectivity index is 1.30.